The second kappa shape index (κ2) is 10.0. The van der Waals surface area contributed by atoms with Crippen molar-refractivity contribution in [3.8, 4) is 0 Å². The van der Waals surface area contributed by atoms with Crippen molar-refractivity contribution < 1.29 is 33.5 Å². The molecular formula is C20H26N2O8. The van der Waals surface area contributed by atoms with E-state index >= 15 is 0 Å². The Labute approximate surface area is 174 Å². The number of esters is 2. The molecule has 10 heteroatoms. The third-order valence-corrected chi connectivity index (χ3v) is 4.32. The molecule has 0 bridgehead atoms. The van der Waals surface area contributed by atoms with Crippen molar-refractivity contribution in [3.05, 3.63) is 39.9 Å². The Morgan fingerprint density at radius 3 is 2.43 bits per heavy atom. The Balaban J connectivity index is 1.70. The van der Waals surface area contributed by atoms with Crippen LogP contribution in [0.1, 0.15) is 50.4 Å². The molecule has 1 aromatic rings. The summed E-state index contributed by atoms with van der Waals surface area (Å²) < 4.78 is 15.6. The van der Waals surface area contributed by atoms with Gasteiger partial charge in [-0.05, 0) is 52.2 Å². The lowest BCUT2D eigenvalue weighted by Crippen LogP contribution is -2.34. The van der Waals surface area contributed by atoms with Crippen LogP contribution in [0.2, 0.25) is 0 Å². The number of carbonyl (C=O) groups is 3. The molecule has 0 heterocycles. The van der Waals surface area contributed by atoms with Gasteiger partial charge in [0.25, 0.3) is 5.69 Å². The first-order valence-electron chi connectivity index (χ1n) is 9.64. The van der Waals surface area contributed by atoms with Crippen LogP contribution in [-0.2, 0) is 19.0 Å². The number of nitro groups is 1. The molecule has 0 spiro atoms. The summed E-state index contributed by atoms with van der Waals surface area (Å²) >= 11 is 0. The van der Waals surface area contributed by atoms with E-state index in [2.05, 4.69) is 5.32 Å². The van der Waals surface area contributed by atoms with E-state index in [1.54, 1.807) is 20.8 Å². The average molecular weight is 422 g/mol. The Bertz CT molecular complexity index is 785. The Morgan fingerprint density at radius 1 is 1.17 bits per heavy atom. The molecule has 0 saturated heterocycles. The Hall–Kier alpha value is -3.17. The minimum atomic E-state index is -0.606. The topological polar surface area (TPSA) is 134 Å². The SMILES string of the molecule is CC(C)(C)OC(=O)NCCOC(=O)[C@@H]1CC[C@@H](OC(=O)c2ccc([N+](=O)[O-])cc2)C1. The highest BCUT2D eigenvalue weighted by Gasteiger charge is 2.33. The van der Waals surface area contributed by atoms with Gasteiger partial charge in [-0.15, -0.1) is 0 Å². The maximum Gasteiger partial charge on any atom is 0.407 e. The molecule has 0 aromatic heterocycles. The van der Waals surface area contributed by atoms with Crippen LogP contribution in [0.4, 0.5) is 10.5 Å². The fourth-order valence-electron chi connectivity index (χ4n) is 2.94. The van der Waals surface area contributed by atoms with Crippen molar-refractivity contribution in [2.45, 2.75) is 51.7 Å². The van der Waals surface area contributed by atoms with E-state index in [1.165, 1.54) is 24.3 Å². The van der Waals surface area contributed by atoms with Crippen LogP contribution in [0.3, 0.4) is 0 Å². The van der Waals surface area contributed by atoms with Crippen LogP contribution in [-0.4, -0.2) is 47.8 Å². The van der Waals surface area contributed by atoms with E-state index in [4.69, 9.17) is 14.2 Å². The third kappa shape index (κ3) is 7.34. The second-order valence-electron chi connectivity index (χ2n) is 7.94. The predicted octanol–water partition coefficient (Wildman–Crippen LogP) is 2.99. The molecule has 0 aliphatic heterocycles. The molecule has 1 aromatic carbocycles. The van der Waals surface area contributed by atoms with E-state index in [1.807, 2.05) is 0 Å². The first kappa shape index (κ1) is 23.1. The molecule has 30 heavy (non-hydrogen) atoms. The first-order valence-corrected chi connectivity index (χ1v) is 9.64. The van der Waals surface area contributed by atoms with E-state index in [9.17, 15) is 24.5 Å². The minimum absolute atomic E-state index is 0.0157. The number of ether oxygens (including phenoxy) is 3. The molecule has 1 aliphatic rings. The van der Waals surface area contributed by atoms with Gasteiger partial charge in [0.15, 0.2) is 0 Å². The molecule has 2 atom stereocenters. The molecule has 1 fully saturated rings. The molecule has 10 nitrogen and oxygen atoms in total. The number of carbonyl (C=O) groups excluding carboxylic acids is 3. The van der Waals surface area contributed by atoms with E-state index < -0.39 is 34.7 Å². The fraction of sp³-hybridized carbons (Fsp3) is 0.550. The zero-order chi connectivity index (χ0) is 22.3. The van der Waals surface area contributed by atoms with Gasteiger partial charge in [0.1, 0.15) is 18.3 Å². The maximum atomic E-state index is 12.2. The van der Waals surface area contributed by atoms with Gasteiger partial charge in [0, 0.05) is 12.1 Å². The summed E-state index contributed by atoms with van der Waals surface area (Å²) in [4.78, 5) is 46.0. The van der Waals surface area contributed by atoms with Crippen molar-refractivity contribution >= 4 is 23.7 Å². The lowest BCUT2D eigenvalue weighted by Gasteiger charge is -2.19. The number of non-ortho nitro benzene ring substituents is 1. The van der Waals surface area contributed by atoms with Crippen LogP contribution in [0.25, 0.3) is 0 Å². The van der Waals surface area contributed by atoms with Crippen molar-refractivity contribution in [2.75, 3.05) is 13.2 Å². The molecule has 0 radical (unpaired) electrons. The monoisotopic (exact) mass is 422 g/mol. The number of nitro benzene ring substituents is 1. The van der Waals surface area contributed by atoms with Gasteiger partial charge in [-0.2, -0.15) is 0 Å². The fourth-order valence-corrected chi connectivity index (χ4v) is 2.94. The van der Waals surface area contributed by atoms with Crippen molar-refractivity contribution in [1.82, 2.24) is 5.32 Å². The first-order chi connectivity index (χ1) is 14.0. The smallest absolute Gasteiger partial charge is 0.407 e. The van der Waals surface area contributed by atoms with E-state index in [0.717, 1.165) is 0 Å². The van der Waals surface area contributed by atoms with Crippen LogP contribution < -0.4 is 5.32 Å². The van der Waals surface area contributed by atoms with Gasteiger partial charge in [-0.3, -0.25) is 14.9 Å². The number of nitrogens with one attached hydrogen (secondary N) is 1. The third-order valence-electron chi connectivity index (χ3n) is 4.32. The summed E-state index contributed by atoms with van der Waals surface area (Å²) in [6.07, 6.45) is 0.380. The van der Waals surface area contributed by atoms with Gasteiger partial charge in [-0.1, -0.05) is 0 Å². The van der Waals surface area contributed by atoms with Crippen molar-refractivity contribution in [1.29, 1.82) is 0 Å². The minimum Gasteiger partial charge on any atom is -0.464 e. The molecule has 2 rings (SSSR count). The van der Waals surface area contributed by atoms with Crippen molar-refractivity contribution in [2.24, 2.45) is 5.92 Å². The number of hydrogen-bond acceptors (Lipinski definition) is 8. The lowest BCUT2D eigenvalue weighted by atomic mass is 10.1. The normalized spacial score (nSPS) is 18.4. The largest absolute Gasteiger partial charge is 0.464 e. The standard InChI is InChI=1S/C20H26N2O8/c1-20(2,3)30-19(25)21-10-11-28-17(23)14-6-9-16(12-14)29-18(24)13-4-7-15(8-5-13)22(26)27/h4-5,7-8,14,16H,6,9-12H2,1-3H3,(H,21,25)/t14-,16-/m1/s1. The zero-order valence-corrected chi connectivity index (χ0v) is 17.2. The summed E-state index contributed by atoms with van der Waals surface area (Å²) in [7, 11) is 0. The average Bonchev–Trinajstić information content (AvgIpc) is 3.12. The summed E-state index contributed by atoms with van der Waals surface area (Å²) in [5.74, 6) is -1.39. The molecule has 1 saturated carbocycles. The maximum absolute atomic E-state index is 12.2. The van der Waals surface area contributed by atoms with Gasteiger partial charge in [0.05, 0.1) is 22.9 Å². The van der Waals surface area contributed by atoms with Gasteiger partial charge in [-0.25, -0.2) is 9.59 Å². The molecule has 1 aliphatic carbocycles. The number of rotatable bonds is 7. The molecule has 1 N–H and O–H groups in total. The quantitative estimate of drug-likeness (QED) is 0.233. The Kier molecular flexibility index (Phi) is 7.73. The number of nitrogens with zero attached hydrogens (tertiary/aromatic N) is 1. The predicted molar refractivity (Wildman–Crippen MR) is 105 cm³/mol. The summed E-state index contributed by atoms with van der Waals surface area (Å²) in [5, 5.41) is 13.2. The number of alkyl carbamates (subject to hydrolysis) is 1. The zero-order valence-electron chi connectivity index (χ0n) is 17.2. The van der Waals surface area contributed by atoms with Gasteiger partial charge >= 0.3 is 18.0 Å². The highest BCUT2D eigenvalue weighted by molar-refractivity contribution is 5.89. The number of hydrogen-bond donors (Lipinski definition) is 1. The highest BCUT2D eigenvalue weighted by atomic mass is 16.6. The number of amides is 1. The second-order valence-corrected chi connectivity index (χ2v) is 7.94. The molecule has 1 amide bonds. The van der Waals surface area contributed by atoms with Gasteiger partial charge < -0.3 is 19.5 Å². The van der Waals surface area contributed by atoms with Crippen LogP contribution >= 0.6 is 0 Å². The molecular weight excluding hydrogens is 396 g/mol. The lowest BCUT2D eigenvalue weighted by molar-refractivity contribution is -0.384. The highest BCUT2D eigenvalue weighted by Crippen LogP contribution is 2.29. The van der Waals surface area contributed by atoms with Gasteiger partial charge in [0.2, 0.25) is 0 Å². The van der Waals surface area contributed by atoms with E-state index in [0.29, 0.717) is 19.3 Å². The summed E-state index contributed by atoms with van der Waals surface area (Å²) in [5.41, 5.74) is -0.512. The summed E-state index contributed by atoms with van der Waals surface area (Å²) in [6.45, 7) is 5.39. The van der Waals surface area contributed by atoms with Crippen LogP contribution in [0.15, 0.2) is 24.3 Å². The van der Waals surface area contributed by atoms with Crippen LogP contribution in [0, 0.1) is 16.0 Å². The molecule has 164 valence electrons. The van der Waals surface area contributed by atoms with Crippen LogP contribution in [0.5, 0.6) is 0 Å². The molecule has 0 unspecified atom stereocenters. The number of benzene rings is 1. The summed E-state index contributed by atoms with van der Waals surface area (Å²) in [6, 6.07) is 5.13. The van der Waals surface area contributed by atoms with E-state index in [-0.39, 0.29) is 30.3 Å². The van der Waals surface area contributed by atoms with Crippen molar-refractivity contribution in [3.63, 3.8) is 0 Å². The Morgan fingerprint density at radius 2 is 1.83 bits per heavy atom.